The van der Waals surface area contributed by atoms with Crippen LogP contribution in [0.1, 0.15) is 55.1 Å². The highest BCUT2D eigenvalue weighted by Crippen LogP contribution is 2.40. The van der Waals surface area contributed by atoms with Gasteiger partial charge in [-0.1, -0.05) is 54.1 Å². The van der Waals surface area contributed by atoms with Gasteiger partial charge in [0.1, 0.15) is 0 Å². The van der Waals surface area contributed by atoms with Crippen LogP contribution in [0.2, 0.25) is 5.02 Å². The van der Waals surface area contributed by atoms with Gasteiger partial charge in [0, 0.05) is 11.2 Å². The number of nitrogens with zero attached hydrogens (tertiary/aromatic N) is 2. The first kappa shape index (κ1) is 22.6. The molecule has 1 fully saturated rings. The lowest BCUT2D eigenvalue weighted by atomic mass is 9.74. The minimum atomic E-state index is -0.665. The van der Waals surface area contributed by atoms with E-state index >= 15 is 0 Å². The third kappa shape index (κ3) is 4.75. The summed E-state index contributed by atoms with van der Waals surface area (Å²) in [5, 5.41) is 7.99. The molecule has 6 nitrogen and oxygen atoms in total. The van der Waals surface area contributed by atoms with Gasteiger partial charge in [0.25, 0.3) is 5.91 Å². The number of hydrogen-bond acceptors (Lipinski definition) is 4. The summed E-state index contributed by atoms with van der Waals surface area (Å²) >= 11 is 6.23. The quantitative estimate of drug-likeness (QED) is 0.552. The van der Waals surface area contributed by atoms with Gasteiger partial charge in [-0.2, -0.15) is 5.10 Å². The van der Waals surface area contributed by atoms with Gasteiger partial charge in [0.15, 0.2) is 0 Å². The molecule has 0 bridgehead atoms. The Morgan fingerprint density at radius 3 is 2.44 bits per heavy atom. The van der Waals surface area contributed by atoms with E-state index in [1.807, 2.05) is 76.2 Å². The average Bonchev–Trinajstić information content (AvgIpc) is 3.28. The summed E-state index contributed by atoms with van der Waals surface area (Å²) < 4.78 is 14.2. The van der Waals surface area contributed by atoms with Crippen molar-refractivity contribution < 1.29 is 14.1 Å². The van der Waals surface area contributed by atoms with E-state index in [9.17, 15) is 4.79 Å². The van der Waals surface area contributed by atoms with Crippen LogP contribution in [0.5, 0.6) is 0 Å². The Kier molecular flexibility index (Phi) is 6.16. The van der Waals surface area contributed by atoms with Crippen LogP contribution in [0.15, 0.2) is 67.0 Å². The Bertz CT molecular complexity index is 1080. The Hall–Kier alpha value is -2.61. The molecule has 1 aliphatic rings. The van der Waals surface area contributed by atoms with Crippen LogP contribution >= 0.6 is 11.6 Å². The number of hydrogen-bond donors (Lipinski definition) is 1. The second-order valence-electron chi connectivity index (χ2n) is 9.04. The maximum absolute atomic E-state index is 13.1. The molecule has 1 N–H and O–H groups in total. The number of carbonyl (C=O) groups excluding carboxylic acids is 1. The number of benzene rings is 2. The van der Waals surface area contributed by atoms with Gasteiger partial charge in [-0.15, -0.1) is 0 Å². The third-order valence-electron chi connectivity index (χ3n) is 6.12. The van der Waals surface area contributed by atoms with Gasteiger partial charge < -0.3 is 14.6 Å². The van der Waals surface area contributed by atoms with Crippen molar-refractivity contribution in [3.05, 3.63) is 88.7 Å². The summed E-state index contributed by atoms with van der Waals surface area (Å²) in [7, 11) is -0.665. The molecule has 32 heavy (non-hydrogen) atoms. The first-order valence-electron chi connectivity index (χ1n) is 10.6. The molecule has 1 aromatic heterocycles. The molecule has 2 heterocycles. The van der Waals surface area contributed by atoms with Crippen molar-refractivity contribution in [2.45, 2.75) is 51.4 Å². The van der Waals surface area contributed by atoms with Crippen molar-refractivity contribution in [1.82, 2.24) is 15.1 Å². The van der Waals surface area contributed by atoms with Crippen molar-refractivity contribution in [2.24, 2.45) is 0 Å². The number of rotatable bonds is 6. The summed E-state index contributed by atoms with van der Waals surface area (Å²) in [6, 6.07) is 17.3. The van der Waals surface area contributed by atoms with E-state index < -0.39 is 24.3 Å². The Balaban J connectivity index is 1.56. The van der Waals surface area contributed by atoms with Gasteiger partial charge in [-0.25, -0.2) is 0 Å². The zero-order valence-corrected chi connectivity index (χ0v) is 19.5. The predicted octanol–water partition coefficient (Wildman–Crippen LogP) is 4.69. The SMILES string of the molecule is CC1(C)OB(C(NC(=O)c2cnn(Cc3ccccc3)c2)c2cccc(Cl)c2)OC1(C)C. The van der Waals surface area contributed by atoms with E-state index in [4.69, 9.17) is 20.9 Å². The van der Waals surface area contributed by atoms with Crippen LogP contribution in [-0.4, -0.2) is 34.0 Å². The largest absolute Gasteiger partial charge is 0.486 e. The number of amides is 1. The molecule has 1 unspecified atom stereocenters. The molecule has 1 amide bonds. The van der Waals surface area contributed by atoms with E-state index in [-0.39, 0.29) is 5.91 Å². The van der Waals surface area contributed by atoms with Gasteiger partial charge in [0.2, 0.25) is 0 Å². The topological polar surface area (TPSA) is 65.4 Å². The fourth-order valence-corrected chi connectivity index (χ4v) is 3.79. The fourth-order valence-electron chi connectivity index (χ4n) is 3.60. The molecule has 0 radical (unpaired) electrons. The third-order valence-corrected chi connectivity index (χ3v) is 6.36. The number of nitrogens with one attached hydrogen (secondary N) is 1. The highest BCUT2D eigenvalue weighted by atomic mass is 35.5. The van der Waals surface area contributed by atoms with E-state index in [0.717, 1.165) is 11.1 Å². The number of aromatic nitrogens is 2. The van der Waals surface area contributed by atoms with Crippen LogP contribution in [0.25, 0.3) is 0 Å². The van der Waals surface area contributed by atoms with Crippen LogP contribution in [0.3, 0.4) is 0 Å². The van der Waals surface area contributed by atoms with Crippen molar-refractivity contribution >= 4 is 24.6 Å². The maximum Gasteiger partial charge on any atom is 0.486 e. The second-order valence-corrected chi connectivity index (χ2v) is 9.48. The van der Waals surface area contributed by atoms with Crippen LogP contribution < -0.4 is 5.32 Å². The standard InChI is InChI=1S/C24H27BClN3O3/c1-23(2)24(3,4)32-25(31-23)21(18-11-8-12-20(26)13-18)28-22(30)19-14-27-29(16-19)15-17-9-6-5-7-10-17/h5-14,16,21H,15H2,1-4H3,(H,28,30). The van der Waals surface area contributed by atoms with Gasteiger partial charge in [-0.3, -0.25) is 9.48 Å². The normalized spacial score (nSPS) is 17.8. The number of carbonyl (C=O) groups is 1. The van der Waals surface area contributed by atoms with Crippen LogP contribution in [0, 0.1) is 0 Å². The summed E-state index contributed by atoms with van der Waals surface area (Å²) in [6.45, 7) is 8.52. The molecule has 8 heteroatoms. The molecule has 0 spiro atoms. The molecule has 0 saturated carbocycles. The van der Waals surface area contributed by atoms with Crippen molar-refractivity contribution in [3.63, 3.8) is 0 Å². The van der Waals surface area contributed by atoms with Gasteiger partial charge >= 0.3 is 7.12 Å². The number of halogens is 1. The summed E-state index contributed by atoms with van der Waals surface area (Å²) in [5.74, 6) is -0.802. The summed E-state index contributed by atoms with van der Waals surface area (Å²) in [6.07, 6.45) is 3.30. The minimum absolute atomic E-state index is 0.260. The highest BCUT2D eigenvalue weighted by molar-refractivity contribution is 6.48. The predicted molar refractivity (Wildman–Crippen MR) is 126 cm³/mol. The van der Waals surface area contributed by atoms with E-state index in [1.54, 1.807) is 23.1 Å². The molecule has 1 aliphatic heterocycles. The molecule has 166 valence electrons. The first-order chi connectivity index (χ1) is 15.1. The summed E-state index contributed by atoms with van der Waals surface area (Å²) in [5.41, 5.74) is 1.32. The van der Waals surface area contributed by atoms with Crippen molar-refractivity contribution in [3.8, 4) is 0 Å². The molecule has 0 aliphatic carbocycles. The lowest BCUT2D eigenvalue weighted by molar-refractivity contribution is 0.00578. The van der Waals surface area contributed by atoms with Gasteiger partial charge in [0.05, 0.1) is 35.4 Å². The van der Waals surface area contributed by atoms with Crippen LogP contribution in [0.4, 0.5) is 0 Å². The monoisotopic (exact) mass is 451 g/mol. The molecular formula is C24H27BClN3O3. The average molecular weight is 452 g/mol. The lowest BCUT2D eigenvalue weighted by Crippen LogP contribution is -2.41. The van der Waals surface area contributed by atoms with Crippen LogP contribution in [-0.2, 0) is 15.9 Å². The molecule has 1 saturated heterocycles. The molecule has 1 atom stereocenters. The smallest absolute Gasteiger partial charge is 0.402 e. The van der Waals surface area contributed by atoms with Crippen molar-refractivity contribution in [2.75, 3.05) is 0 Å². The molecule has 2 aromatic carbocycles. The lowest BCUT2D eigenvalue weighted by Gasteiger charge is -2.32. The maximum atomic E-state index is 13.1. The Morgan fingerprint density at radius 1 is 1.09 bits per heavy atom. The Labute approximate surface area is 194 Å². The van der Waals surface area contributed by atoms with E-state index in [1.165, 1.54) is 0 Å². The first-order valence-corrected chi connectivity index (χ1v) is 11.0. The molecular weight excluding hydrogens is 425 g/mol. The van der Waals surface area contributed by atoms with Crippen molar-refractivity contribution in [1.29, 1.82) is 0 Å². The van der Waals surface area contributed by atoms with E-state index in [0.29, 0.717) is 17.1 Å². The highest BCUT2D eigenvalue weighted by Gasteiger charge is 2.54. The zero-order chi connectivity index (χ0) is 22.9. The molecule has 4 rings (SSSR count). The van der Waals surface area contributed by atoms with E-state index in [2.05, 4.69) is 10.4 Å². The minimum Gasteiger partial charge on any atom is -0.402 e. The Morgan fingerprint density at radius 2 is 1.78 bits per heavy atom. The zero-order valence-electron chi connectivity index (χ0n) is 18.7. The summed E-state index contributed by atoms with van der Waals surface area (Å²) in [4.78, 5) is 13.1. The van der Waals surface area contributed by atoms with Gasteiger partial charge in [-0.05, 0) is 51.0 Å². The second kappa shape index (κ2) is 8.73. The molecule has 3 aromatic rings. The fraction of sp³-hybridized carbons (Fsp3) is 0.333.